The number of aromatic nitrogens is 1. The van der Waals surface area contributed by atoms with Crippen LogP contribution in [0.4, 0.5) is 5.69 Å². The fourth-order valence-corrected chi connectivity index (χ4v) is 4.66. The molecular formula is C29H26N2O4. The molecule has 1 amide bonds. The van der Waals surface area contributed by atoms with Gasteiger partial charge in [0.15, 0.2) is 0 Å². The maximum atomic E-state index is 13.4. The molecule has 6 heteroatoms. The maximum Gasteiger partial charge on any atom is 0.300 e. The first-order valence-electron chi connectivity index (χ1n) is 11.7. The molecule has 176 valence electrons. The highest BCUT2D eigenvalue weighted by atomic mass is 16.5. The number of nitrogens with zero attached hydrogens (tertiary/aromatic N) is 1. The maximum absolute atomic E-state index is 13.4. The molecule has 0 aliphatic carbocycles. The molecule has 0 bridgehead atoms. The predicted octanol–water partition coefficient (Wildman–Crippen LogP) is 5.76. The first kappa shape index (κ1) is 22.5. The summed E-state index contributed by atoms with van der Waals surface area (Å²) in [5, 5.41) is 12.2. The summed E-state index contributed by atoms with van der Waals surface area (Å²) in [5.74, 6) is -1.01. The fraction of sp³-hybridized carbons (Fsp3) is 0.172. The number of carbonyl (C=O) groups excluding carboxylic acids is 2. The number of carbonyl (C=O) groups is 2. The summed E-state index contributed by atoms with van der Waals surface area (Å²) in [5.41, 5.74) is 3.80. The molecule has 3 aromatic carbocycles. The molecular weight excluding hydrogens is 440 g/mol. The van der Waals surface area contributed by atoms with E-state index in [1.165, 1.54) is 4.90 Å². The van der Waals surface area contributed by atoms with E-state index in [0.717, 1.165) is 28.5 Å². The van der Waals surface area contributed by atoms with Crippen molar-refractivity contribution < 1.29 is 19.4 Å². The van der Waals surface area contributed by atoms with E-state index < -0.39 is 17.7 Å². The van der Waals surface area contributed by atoms with Crippen LogP contribution in [0.5, 0.6) is 5.75 Å². The lowest BCUT2D eigenvalue weighted by Crippen LogP contribution is -2.29. The van der Waals surface area contributed by atoms with Crippen molar-refractivity contribution in [1.82, 2.24) is 4.98 Å². The van der Waals surface area contributed by atoms with E-state index in [1.54, 1.807) is 42.6 Å². The molecule has 1 atom stereocenters. The number of Topliss-reactive ketones (excluding diaryl/α,β-unsaturated/α-hetero) is 1. The van der Waals surface area contributed by atoms with E-state index in [0.29, 0.717) is 23.6 Å². The van der Waals surface area contributed by atoms with Gasteiger partial charge in [0.1, 0.15) is 11.5 Å². The summed E-state index contributed by atoms with van der Waals surface area (Å²) in [6.45, 7) is 4.41. The Morgan fingerprint density at radius 2 is 1.77 bits per heavy atom. The molecule has 1 saturated heterocycles. The average Bonchev–Trinajstić information content (AvgIpc) is 3.42. The lowest BCUT2D eigenvalue weighted by molar-refractivity contribution is -0.132. The molecule has 6 nitrogen and oxygen atoms in total. The number of H-pyrrole nitrogens is 1. The SMILES string of the molecule is CCOc1cccc(N2C(=O)C(=O)/C(=C(/O)c3ccc(CC)cc3)C2c2c[nH]c3ccccc23)c1. The van der Waals surface area contributed by atoms with Gasteiger partial charge in [-0.25, -0.2) is 0 Å². The molecule has 1 aliphatic heterocycles. The van der Waals surface area contributed by atoms with Crippen LogP contribution in [-0.2, 0) is 16.0 Å². The summed E-state index contributed by atoms with van der Waals surface area (Å²) in [6.07, 6.45) is 2.66. The highest BCUT2D eigenvalue weighted by molar-refractivity contribution is 6.51. The minimum absolute atomic E-state index is 0.0609. The van der Waals surface area contributed by atoms with Gasteiger partial charge in [0.05, 0.1) is 18.2 Å². The third-order valence-electron chi connectivity index (χ3n) is 6.40. The molecule has 4 aromatic rings. The Labute approximate surface area is 203 Å². The normalized spacial score (nSPS) is 17.3. The van der Waals surface area contributed by atoms with Gasteiger partial charge in [0.25, 0.3) is 11.7 Å². The number of amides is 1. The molecule has 1 unspecified atom stereocenters. The highest BCUT2D eigenvalue weighted by Crippen LogP contribution is 2.44. The largest absolute Gasteiger partial charge is 0.507 e. The Hall–Kier alpha value is -4.32. The van der Waals surface area contributed by atoms with Crippen molar-refractivity contribution in [2.45, 2.75) is 26.3 Å². The van der Waals surface area contributed by atoms with Crippen LogP contribution in [0.2, 0.25) is 0 Å². The number of anilines is 1. The van der Waals surface area contributed by atoms with E-state index in [2.05, 4.69) is 4.98 Å². The van der Waals surface area contributed by atoms with E-state index in [1.807, 2.05) is 50.2 Å². The summed E-state index contributed by atoms with van der Waals surface area (Å²) in [7, 11) is 0. The lowest BCUT2D eigenvalue weighted by atomic mass is 9.94. The van der Waals surface area contributed by atoms with Crippen LogP contribution in [0.3, 0.4) is 0 Å². The van der Waals surface area contributed by atoms with Gasteiger partial charge in [-0.3, -0.25) is 14.5 Å². The Morgan fingerprint density at radius 3 is 2.51 bits per heavy atom. The molecule has 1 fully saturated rings. The number of ketones is 1. The second kappa shape index (κ2) is 9.14. The van der Waals surface area contributed by atoms with Crippen molar-refractivity contribution >= 4 is 34.0 Å². The number of aliphatic hydroxyl groups is 1. The van der Waals surface area contributed by atoms with Crippen molar-refractivity contribution in [3.63, 3.8) is 0 Å². The Morgan fingerprint density at radius 1 is 1.00 bits per heavy atom. The number of fused-ring (bicyclic) bond motifs is 1. The van der Waals surface area contributed by atoms with Crippen molar-refractivity contribution in [3.8, 4) is 5.75 Å². The third-order valence-corrected chi connectivity index (χ3v) is 6.40. The first-order valence-corrected chi connectivity index (χ1v) is 11.7. The van der Waals surface area contributed by atoms with Crippen molar-refractivity contribution in [2.75, 3.05) is 11.5 Å². The second-order valence-electron chi connectivity index (χ2n) is 8.44. The van der Waals surface area contributed by atoms with Crippen LogP contribution in [0.1, 0.15) is 36.6 Å². The van der Waals surface area contributed by atoms with Gasteiger partial charge in [-0.2, -0.15) is 0 Å². The van der Waals surface area contributed by atoms with Crippen molar-refractivity contribution in [3.05, 3.63) is 101 Å². The topological polar surface area (TPSA) is 82.6 Å². The molecule has 5 rings (SSSR count). The van der Waals surface area contributed by atoms with E-state index in [-0.39, 0.29) is 11.3 Å². The standard InChI is InChI=1S/C29H26N2O4/c1-3-18-12-14-19(15-13-18)27(32)25-26(23-17-30-24-11-6-5-10-22(23)24)31(29(34)28(25)33)20-8-7-9-21(16-20)35-4-2/h5-17,26,30,32H,3-4H2,1-2H3/b27-25+. The number of nitrogens with one attached hydrogen (secondary N) is 1. The van der Waals surface area contributed by atoms with Crippen LogP contribution < -0.4 is 9.64 Å². The minimum atomic E-state index is -0.811. The van der Waals surface area contributed by atoms with Crippen LogP contribution >= 0.6 is 0 Å². The van der Waals surface area contributed by atoms with Crippen LogP contribution in [-0.4, -0.2) is 28.4 Å². The first-order chi connectivity index (χ1) is 17.0. The van der Waals surface area contributed by atoms with Gasteiger partial charge in [-0.05, 0) is 37.1 Å². The number of para-hydroxylation sites is 1. The number of rotatable bonds is 6. The fourth-order valence-electron chi connectivity index (χ4n) is 4.66. The lowest BCUT2D eigenvalue weighted by Gasteiger charge is -2.25. The van der Waals surface area contributed by atoms with Crippen LogP contribution in [0.15, 0.2) is 84.6 Å². The van der Waals surface area contributed by atoms with Gasteiger partial charge in [-0.15, -0.1) is 0 Å². The van der Waals surface area contributed by atoms with Crippen LogP contribution in [0.25, 0.3) is 16.7 Å². The number of aliphatic hydroxyl groups excluding tert-OH is 1. The number of aryl methyl sites for hydroxylation is 1. The molecule has 1 aliphatic rings. The van der Waals surface area contributed by atoms with E-state index in [9.17, 15) is 14.7 Å². The molecule has 35 heavy (non-hydrogen) atoms. The zero-order valence-electron chi connectivity index (χ0n) is 19.6. The molecule has 0 radical (unpaired) electrons. The Balaban J connectivity index is 1.73. The summed E-state index contributed by atoms with van der Waals surface area (Å²) < 4.78 is 5.64. The van der Waals surface area contributed by atoms with Gasteiger partial charge in [0, 0.05) is 40.0 Å². The molecule has 1 aromatic heterocycles. The Bertz CT molecular complexity index is 1450. The van der Waals surface area contributed by atoms with Gasteiger partial charge >= 0.3 is 0 Å². The zero-order chi connectivity index (χ0) is 24.5. The van der Waals surface area contributed by atoms with Crippen LogP contribution in [0, 0.1) is 0 Å². The number of hydrogen-bond donors (Lipinski definition) is 2. The monoisotopic (exact) mass is 466 g/mol. The number of aromatic amines is 1. The van der Waals surface area contributed by atoms with E-state index >= 15 is 0 Å². The summed E-state index contributed by atoms with van der Waals surface area (Å²) in [4.78, 5) is 31.6. The smallest absolute Gasteiger partial charge is 0.300 e. The van der Waals surface area contributed by atoms with Crippen molar-refractivity contribution in [2.24, 2.45) is 0 Å². The summed E-state index contributed by atoms with van der Waals surface area (Å²) >= 11 is 0. The molecule has 2 N–H and O–H groups in total. The molecule has 0 saturated carbocycles. The van der Waals surface area contributed by atoms with Gasteiger partial charge in [0.2, 0.25) is 0 Å². The van der Waals surface area contributed by atoms with E-state index in [4.69, 9.17) is 4.74 Å². The Kier molecular flexibility index (Phi) is 5.87. The minimum Gasteiger partial charge on any atom is -0.507 e. The third kappa shape index (κ3) is 3.87. The molecule has 0 spiro atoms. The predicted molar refractivity (Wildman–Crippen MR) is 137 cm³/mol. The quantitative estimate of drug-likeness (QED) is 0.215. The number of hydrogen-bond acceptors (Lipinski definition) is 4. The number of benzene rings is 3. The number of ether oxygens (including phenoxy) is 1. The molecule has 2 heterocycles. The van der Waals surface area contributed by atoms with Crippen molar-refractivity contribution in [1.29, 1.82) is 0 Å². The zero-order valence-corrected chi connectivity index (χ0v) is 19.6. The summed E-state index contributed by atoms with van der Waals surface area (Å²) in [6, 6.07) is 21.4. The average molecular weight is 467 g/mol. The highest BCUT2D eigenvalue weighted by Gasteiger charge is 2.47. The van der Waals surface area contributed by atoms with Gasteiger partial charge < -0.3 is 14.8 Å². The second-order valence-corrected chi connectivity index (χ2v) is 8.44. The van der Waals surface area contributed by atoms with Gasteiger partial charge in [-0.1, -0.05) is 55.5 Å².